The zero-order valence-electron chi connectivity index (χ0n) is 31.2. The molecule has 0 spiro atoms. The molecule has 14 heteroatoms. The highest BCUT2D eigenvalue weighted by Crippen LogP contribution is 2.28. The van der Waals surface area contributed by atoms with Crippen LogP contribution in [0.1, 0.15) is 63.0 Å². The van der Waals surface area contributed by atoms with Gasteiger partial charge in [0.25, 0.3) is 5.91 Å². The van der Waals surface area contributed by atoms with Gasteiger partial charge in [0.15, 0.2) is 18.3 Å². The van der Waals surface area contributed by atoms with Crippen molar-refractivity contribution in [3.05, 3.63) is 161 Å². The van der Waals surface area contributed by atoms with E-state index in [0.717, 1.165) is 29.0 Å². The summed E-state index contributed by atoms with van der Waals surface area (Å²) in [6, 6.07) is 23.1. The van der Waals surface area contributed by atoms with Gasteiger partial charge in [0.1, 0.15) is 41.0 Å². The third kappa shape index (κ3) is 11.1. The summed E-state index contributed by atoms with van der Waals surface area (Å²) in [5.74, 6) is -2.23. The van der Waals surface area contributed by atoms with E-state index in [1.807, 2.05) is 30.3 Å². The van der Waals surface area contributed by atoms with Crippen LogP contribution in [0.4, 0.5) is 9.18 Å². The van der Waals surface area contributed by atoms with E-state index in [4.69, 9.17) is 33.3 Å². The molecule has 290 valence electrons. The lowest BCUT2D eigenvalue weighted by Gasteiger charge is -2.22. The van der Waals surface area contributed by atoms with Crippen LogP contribution in [-0.4, -0.2) is 55.5 Å². The van der Waals surface area contributed by atoms with Crippen LogP contribution in [0.2, 0.25) is 0 Å². The summed E-state index contributed by atoms with van der Waals surface area (Å²) in [5, 5.41) is 3.54. The van der Waals surface area contributed by atoms with E-state index in [1.165, 1.54) is 69.0 Å². The molecule has 56 heavy (non-hydrogen) atoms. The number of benzene rings is 4. The molecule has 0 atom stereocenters. The van der Waals surface area contributed by atoms with Crippen molar-refractivity contribution in [1.82, 2.24) is 10.4 Å². The van der Waals surface area contributed by atoms with Crippen molar-refractivity contribution in [3.8, 4) is 17.2 Å². The molecule has 1 amide bonds. The molecule has 1 heterocycles. The number of esters is 1. The number of allylic oxidation sites excluding steroid dienone is 2. The van der Waals surface area contributed by atoms with Gasteiger partial charge in [0.05, 0.1) is 30.0 Å². The first-order chi connectivity index (χ1) is 26.8. The molecular formula is C42H39FN2O11. The van der Waals surface area contributed by atoms with E-state index >= 15 is 0 Å². The van der Waals surface area contributed by atoms with Crippen molar-refractivity contribution in [1.29, 1.82) is 0 Å². The number of carbonyl (C=O) groups excluding carboxylic acids is 4. The Morgan fingerprint density at radius 3 is 2.20 bits per heavy atom. The highest BCUT2D eigenvalue weighted by atomic mass is 19.1. The Morgan fingerprint density at radius 1 is 0.804 bits per heavy atom. The van der Waals surface area contributed by atoms with Crippen molar-refractivity contribution >= 4 is 23.8 Å². The fraction of sp³-hybridized carbons (Fsp3) is 0.190. The van der Waals surface area contributed by atoms with Gasteiger partial charge in [-0.25, -0.2) is 14.0 Å². The fourth-order valence-corrected chi connectivity index (χ4v) is 5.00. The number of carbonyl (C=O) groups is 4. The second-order valence-corrected chi connectivity index (χ2v) is 12.9. The summed E-state index contributed by atoms with van der Waals surface area (Å²) in [6.45, 7) is 4.96. The molecule has 0 aliphatic carbocycles. The van der Waals surface area contributed by atoms with Crippen LogP contribution in [0.15, 0.2) is 127 Å². The number of ketones is 1. The van der Waals surface area contributed by atoms with E-state index in [-0.39, 0.29) is 58.6 Å². The summed E-state index contributed by atoms with van der Waals surface area (Å²) in [7, 11) is 2.92. The maximum atomic E-state index is 14.5. The molecule has 1 aliphatic rings. The SMILES string of the molecule is COCOc1ccc(OC)cc1C(=O)c1ccc(C(=O)OC2=CC=CN(OC(=O)OC(C)(C)C)C=C2NC(=O)c2cc(F)ccc2OCc2ccccc2)cc1. The number of hydroxylamine groups is 2. The lowest BCUT2D eigenvalue weighted by atomic mass is 10.0. The van der Waals surface area contributed by atoms with Crippen LogP contribution in [-0.2, 0) is 25.7 Å². The van der Waals surface area contributed by atoms with Crippen LogP contribution >= 0.6 is 0 Å². The van der Waals surface area contributed by atoms with E-state index in [1.54, 1.807) is 32.9 Å². The Balaban J connectivity index is 1.39. The number of nitrogens with zero attached hydrogens (tertiary/aromatic N) is 1. The van der Waals surface area contributed by atoms with Crippen LogP contribution in [0.25, 0.3) is 0 Å². The third-order valence-corrected chi connectivity index (χ3v) is 7.59. The number of rotatable bonds is 14. The summed E-state index contributed by atoms with van der Waals surface area (Å²) < 4.78 is 47.2. The Kier molecular flexibility index (Phi) is 13.2. The summed E-state index contributed by atoms with van der Waals surface area (Å²) in [6.07, 6.45) is 4.12. The Morgan fingerprint density at radius 2 is 1.50 bits per heavy atom. The van der Waals surface area contributed by atoms with Gasteiger partial charge in [-0.15, -0.1) is 0 Å². The Labute approximate surface area is 322 Å². The average molecular weight is 767 g/mol. The first kappa shape index (κ1) is 40.3. The van der Waals surface area contributed by atoms with Crippen molar-refractivity contribution in [2.75, 3.05) is 21.0 Å². The molecule has 1 aliphatic heterocycles. The van der Waals surface area contributed by atoms with Gasteiger partial charge in [-0.3, -0.25) is 9.59 Å². The van der Waals surface area contributed by atoms with Crippen LogP contribution in [0.5, 0.6) is 17.2 Å². The second kappa shape index (κ2) is 18.4. The Bertz CT molecular complexity index is 2160. The monoisotopic (exact) mass is 766 g/mol. The molecule has 5 rings (SSSR count). The highest BCUT2D eigenvalue weighted by molar-refractivity contribution is 6.11. The zero-order valence-corrected chi connectivity index (χ0v) is 31.2. The summed E-state index contributed by atoms with van der Waals surface area (Å²) in [5.41, 5.74) is 0.0889. The van der Waals surface area contributed by atoms with Gasteiger partial charge in [-0.2, -0.15) is 5.06 Å². The maximum absolute atomic E-state index is 14.5. The normalized spacial score (nSPS) is 12.4. The molecule has 4 aromatic rings. The van der Waals surface area contributed by atoms with Gasteiger partial charge >= 0.3 is 12.1 Å². The van der Waals surface area contributed by atoms with E-state index in [0.29, 0.717) is 5.75 Å². The molecule has 0 unspecified atom stereocenters. The molecule has 0 radical (unpaired) electrons. The number of nitrogens with one attached hydrogen (secondary N) is 1. The standard InChI is InChI=1S/C42H39FN2O11/c1-42(2,3)55-41(49)56-45-21-9-12-37(34(24-45)44-39(47)33-22-30(43)17-19-36(33)52-25-27-10-7-6-8-11-27)54-40(48)29-15-13-28(14-16-29)38(46)32-23-31(51-5)18-20-35(32)53-26-50-4/h6-24H,25-26H2,1-5H3,(H,44,47). The predicted molar refractivity (Wildman–Crippen MR) is 200 cm³/mol. The number of ether oxygens (including phenoxy) is 6. The molecule has 1 N–H and O–H groups in total. The van der Waals surface area contributed by atoms with Gasteiger partial charge in [-0.1, -0.05) is 42.5 Å². The predicted octanol–water partition coefficient (Wildman–Crippen LogP) is 7.64. The average Bonchev–Trinajstić information content (AvgIpc) is 3.36. The van der Waals surface area contributed by atoms with Crippen LogP contribution in [0.3, 0.4) is 0 Å². The molecule has 0 bridgehead atoms. The lowest BCUT2D eigenvalue weighted by molar-refractivity contribution is -0.0884. The first-order valence-electron chi connectivity index (χ1n) is 17.1. The molecule has 0 aromatic heterocycles. The van der Waals surface area contributed by atoms with E-state index in [2.05, 4.69) is 5.32 Å². The number of halogens is 1. The summed E-state index contributed by atoms with van der Waals surface area (Å²) in [4.78, 5) is 58.6. The fourth-order valence-electron chi connectivity index (χ4n) is 5.00. The second-order valence-electron chi connectivity index (χ2n) is 12.9. The first-order valence-corrected chi connectivity index (χ1v) is 17.1. The van der Waals surface area contributed by atoms with Gasteiger partial charge in [0.2, 0.25) is 0 Å². The molecule has 0 saturated heterocycles. The van der Waals surface area contributed by atoms with Crippen LogP contribution in [0, 0.1) is 5.82 Å². The number of amides is 1. The number of methoxy groups -OCH3 is 2. The van der Waals surface area contributed by atoms with E-state index < -0.39 is 35.2 Å². The molecule has 4 aromatic carbocycles. The van der Waals surface area contributed by atoms with Crippen molar-refractivity contribution in [3.63, 3.8) is 0 Å². The Hall–Kier alpha value is -6.93. The molecule has 0 fully saturated rings. The number of hydrogen-bond acceptors (Lipinski definition) is 12. The zero-order chi connectivity index (χ0) is 40.2. The van der Waals surface area contributed by atoms with Gasteiger partial charge in [0, 0.05) is 18.9 Å². The maximum Gasteiger partial charge on any atom is 0.534 e. The minimum absolute atomic E-state index is 0.0476. The summed E-state index contributed by atoms with van der Waals surface area (Å²) >= 11 is 0. The van der Waals surface area contributed by atoms with Crippen molar-refractivity contribution in [2.24, 2.45) is 0 Å². The third-order valence-electron chi connectivity index (χ3n) is 7.59. The minimum atomic E-state index is -1.06. The van der Waals surface area contributed by atoms with Crippen molar-refractivity contribution in [2.45, 2.75) is 33.0 Å². The van der Waals surface area contributed by atoms with E-state index in [9.17, 15) is 23.6 Å². The molecule has 13 nitrogen and oxygen atoms in total. The minimum Gasteiger partial charge on any atom is -0.497 e. The van der Waals surface area contributed by atoms with Gasteiger partial charge < -0.3 is 38.6 Å². The number of hydrogen-bond donors (Lipinski definition) is 1. The highest BCUT2D eigenvalue weighted by Gasteiger charge is 2.25. The van der Waals surface area contributed by atoms with Crippen LogP contribution < -0.4 is 19.5 Å². The molecule has 0 saturated carbocycles. The van der Waals surface area contributed by atoms with Crippen molar-refractivity contribution < 1.29 is 56.8 Å². The van der Waals surface area contributed by atoms with Gasteiger partial charge in [-0.05, 0) is 87.0 Å². The quantitative estimate of drug-likeness (QED) is 0.0764. The molecular weight excluding hydrogens is 727 g/mol. The topological polar surface area (TPSA) is 148 Å². The smallest absolute Gasteiger partial charge is 0.497 e. The largest absolute Gasteiger partial charge is 0.534 e. The lowest BCUT2D eigenvalue weighted by Crippen LogP contribution is -2.30.